The van der Waals surface area contributed by atoms with E-state index < -0.39 is 0 Å². The first-order valence-corrected chi connectivity index (χ1v) is 28.7. The third kappa shape index (κ3) is 8.72. The minimum Gasteiger partial charge on any atom is -0.309 e. The molecule has 13 aromatic rings. The van der Waals surface area contributed by atoms with Crippen molar-refractivity contribution in [3.63, 3.8) is 0 Å². The molecule has 0 saturated carbocycles. The van der Waals surface area contributed by atoms with Gasteiger partial charge in [-0.1, -0.05) is 217 Å². The first-order chi connectivity index (χ1) is 38.2. The first-order valence-electron chi connectivity index (χ1n) is 28.7. The molecule has 0 radical (unpaired) electrons. The summed E-state index contributed by atoms with van der Waals surface area (Å²) in [7, 11) is 0. The van der Waals surface area contributed by atoms with Crippen molar-refractivity contribution in [2.24, 2.45) is 0 Å². The van der Waals surface area contributed by atoms with Crippen LogP contribution in [0.5, 0.6) is 0 Å². The summed E-state index contributed by atoms with van der Waals surface area (Å²) in [4.78, 5) is 0. The average Bonchev–Trinajstić information content (AvgIpc) is 4.09. The van der Waals surface area contributed by atoms with E-state index in [-0.39, 0.29) is 21.7 Å². The lowest BCUT2D eigenvalue weighted by Crippen LogP contribution is -2.10. The van der Waals surface area contributed by atoms with Crippen LogP contribution in [0, 0.1) is 0 Å². The summed E-state index contributed by atoms with van der Waals surface area (Å²) in [6, 6.07) is 83.1. The summed E-state index contributed by atoms with van der Waals surface area (Å²) in [6.07, 6.45) is 0. The molecule has 0 amide bonds. The fourth-order valence-corrected chi connectivity index (χ4v) is 12.5. The molecule has 0 saturated heterocycles. The first kappa shape index (κ1) is 51.0. The Labute approximate surface area is 473 Å². The highest BCUT2D eigenvalue weighted by atomic mass is 15.0. The van der Waals surface area contributed by atoms with Crippen molar-refractivity contribution in [1.82, 2.24) is 9.13 Å². The third-order valence-electron chi connectivity index (χ3n) is 17.2. The summed E-state index contributed by atoms with van der Waals surface area (Å²) in [5.74, 6) is 0. The normalized spacial score (nSPS) is 12.8. The van der Waals surface area contributed by atoms with Gasteiger partial charge in [0.25, 0.3) is 0 Å². The summed E-state index contributed by atoms with van der Waals surface area (Å²) in [5, 5.41) is 10.2. The second-order valence-corrected chi connectivity index (χ2v) is 26.7. The fraction of sp³-hybridized carbons (Fsp3) is 0.205. The Morgan fingerprint density at radius 1 is 0.212 bits per heavy atom. The predicted molar refractivity (Wildman–Crippen MR) is 347 cm³/mol. The molecule has 0 N–H and O–H groups in total. The Hall–Kier alpha value is -8.46. The largest absolute Gasteiger partial charge is 0.309 e. The maximum Gasteiger partial charge on any atom is 0.0541 e. The van der Waals surface area contributed by atoms with E-state index in [4.69, 9.17) is 0 Å². The molecule has 0 spiro atoms. The molecule has 394 valence electrons. The van der Waals surface area contributed by atoms with E-state index in [1.807, 2.05) is 0 Å². The molecule has 0 aliphatic rings. The predicted octanol–water partition coefficient (Wildman–Crippen LogP) is 22.0. The van der Waals surface area contributed by atoms with Crippen LogP contribution < -0.4 is 0 Å². The molecule has 0 aliphatic carbocycles. The van der Waals surface area contributed by atoms with Gasteiger partial charge in [-0.3, -0.25) is 0 Å². The van der Waals surface area contributed by atoms with Crippen LogP contribution in [0.2, 0.25) is 0 Å². The summed E-state index contributed by atoms with van der Waals surface area (Å²) in [5.41, 5.74) is 22.5. The fourth-order valence-electron chi connectivity index (χ4n) is 12.5. The number of fused-ring (bicyclic) bond motifs is 8. The van der Waals surface area contributed by atoms with Gasteiger partial charge >= 0.3 is 0 Å². The molecule has 2 nitrogen and oxygen atoms in total. The minimum absolute atomic E-state index is 0.0441. The standard InChI is InChI=1S/C78H72N2/c1-75(2,3)55-29-39-69-63(45-55)64-46-56(76(4,5)6)30-40-70(64)79(69)59-33-23-49(24-34-59)53-27-37-61-67(43-53)73(51-19-15-13-16-20-51)62-38-28-54(44-68(62)74(61)52-21-17-14-18-22-52)50-25-35-60(36-26-50)80-71-41-31-57(77(7,8)9)47-65(71)66-48-58(78(10,11)12)32-42-72(66)80/h13-48H,1-12H3. The summed E-state index contributed by atoms with van der Waals surface area (Å²) >= 11 is 0. The molecule has 0 aliphatic heterocycles. The van der Waals surface area contributed by atoms with Crippen molar-refractivity contribution in [3.8, 4) is 55.9 Å². The quantitative estimate of drug-likeness (QED) is 0.147. The molecule has 0 unspecified atom stereocenters. The van der Waals surface area contributed by atoms with E-state index in [0.717, 1.165) is 11.4 Å². The van der Waals surface area contributed by atoms with Crippen molar-refractivity contribution in [1.29, 1.82) is 0 Å². The van der Waals surface area contributed by atoms with Gasteiger partial charge in [-0.25, -0.2) is 0 Å². The van der Waals surface area contributed by atoms with Crippen LogP contribution in [0.1, 0.15) is 105 Å². The highest BCUT2D eigenvalue weighted by Gasteiger charge is 2.25. The Balaban J connectivity index is 0.939. The molecular formula is C78H72N2. The van der Waals surface area contributed by atoms with E-state index in [1.54, 1.807) is 0 Å². The Morgan fingerprint density at radius 3 is 0.762 bits per heavy atom. The topological polar surface area (TPSA) is 9.86 Å². The lowest BCUT2D eigenvalue weighted by molar-refractivity contribution is 0.590. The number of hydrogen-bond donors (Lipinski definition) is 0. The van der Waals surface area contributed by atoms with Gasteiger partial charge in [0.2, 0.25) is 0 Å². The molecule has 0 fully saturated rings. The molecule has 2 heteroatoms. The van der Waals surface area contributed by atoms with Crippen LogP contribution in [-0.2, 0) is 21.7 Å². The van der Waals surface area contributed by atoms with E-state index in [1.165, 1.54) is 132 Å². The van der Waals surface area contributed by atoms with Crippen molar-refractivity contribution < 1.29 is 0 Å². The van der Waals surface area contributed by atoms with Crippen LogP contribution >= 0.6 is 0 Å². The van der Waals surface area contributed by atoms with Gasteiger partial charge in [0.05, 0.1) is 22.1 Å². The lowest BCUT2D eigenvalue weighted by atomic mass is 9.84. The highest BCUT2D eigenvalue weighted by molar-refractivity contribution is 6.22. The zero-order valence-corrected chi connectivity index (χ0v) is 48.7. The average molecular weight is 1040 g/mol. The maximum atomic E-state index is 2.46. The van der Waals surface area contributed by atoms with Gasteiger partial charge in [-0.05, 0) is 195 Å². The number of aromatic nitrogens is 2. The zero-order valence-electron chi connectivity index (χ0n) is 48.7. The third-order valence-corrected chi connectivity index (χ3v) is 17.2. The van der Waals surface area contributed by atoms with Crippen LogP contribution in [0.15, 0.2) is 218 Å². The van der Waals surface area contributed by atoms with Crippen molar-refractivity contribution in [3.05, 3.63) is 241 Å². The molecule has 11 aromatic carbocycles. The molecule has 80 heavy (non-hydrogen) atoms. The zero-order chi connectivity index (χ0) is 55.6. The molecule has 13 rings (SSSR count). The lowest BCUT2D eigenvalue weighted by Gasteiger charge is -2.20. The molecular weight excluding hydrogens is 965 g/mol. The Morgan fingerprint density at radius 2 is 0.487 bits per heavy atom. The SMILES string of the molecule is CC(C)(C)c1ccc2c(c1)c1cc(C(C)(C)C)ccc1n2-c1ccc(-c2ccc3c(-c4ccccc4)c4cc(-c5ccc(-n6c7ccc(C(C)(C)C)cc7c7cc(C(C)(C)C)ccc76)cc5)ccc4c(-c4ccccc4)c3c2)cc1. The van der Waals surface area contributed by atoms with Gasteiger partial charge < -0.3 is 9.13 Å². The minimum atomic E-state index is 0.0441. The number of hydrogen-bond acceptors (Lipinski definition) is 0. The van der Waals surface area contributed by atoms with E-state index in [2.05, 4.69) is 311 Å². The van der Waals surface area contributed by atoms with Crippen LogP contribution in [0.3, 0.4) is 0 Å². The summed E-state index contributed by atoms with van der Waals surface area (Å²) in [6.45, 7) is 27.7. The van der Waals surface area contributed by atoms with Gasteiger partial charge in [-0.15, -0.1) is 0 Å². The molecule has 2 heterocycles. The van der Waals surface area contributed by atoms with E-state index >= 15 is 0 Å². The Kier molecular flexibility index (Phi) is 11.8. The van der Waals surface area contributed by atoms with Gasteiger partial charge in [0, 0.05) is 32.9 Å². The van der Waals surface area contributed by atoms with Crippen molar-refractivity contribution in [2.45, 2.75) is 105 Å². The van der Waals surface area contributed by atoms with Crippen LogP contribution in [0.25, 0.3) is 121 Å². The number of nitrogens with zero attached hydrogens (tertiary/aromatic N) is 2. The van der Waals surface area contributed by atoms with Gasteiger partial charge in [0.1, 0.15) is 0 Å². The van der Waals surface area contributed by atoms with Crippen molar-refractivity contribution >= 4 is 65.2 Å². The second kappa shape index (κ2) is 18.6. The molecule has 0 atom stereocenters. The molecule has 2 aromatic heterocycles. The number of rotatable bonds is 6. The highest BCUT2D eigenvalue weighted by Crippen LogP contribution is 2.47. The van der Waals surface area contributed by atoms with E-state index in [9.17, 15) is 0 Å². The molecule has 0 bridgehead atoms. The van der Waals surface area contributed by atoms with Crippen LogP contribution in [-0.4, -0.2) is 9.13 Å². The van der Waals surface area contributed by atoms with Gasteiger partial charge in [-0.2, -0.15) is 0 Å². The van der Waals surface area contributed by atoms with E-state index in [0.29, 0.717) is 0 Å². The monoisotopic (exact) mass is 1040 g/mol. The Bertz CT molecular complexity index is 4120. The summed E-state index contributed by atoms with van der Waals surface area (Å²) < 4.78 is 4.91. The second-order valence-electron chi connectivity index (χ2n) is 26.7. The maximum absolute atomic E-state index is 2.46. The van der Waals surface area contributed by atoms with Crippen molar-refractivity contribution in [2.75, 3.05) is 0 Å². The van der Waals surface area contributed by atoms with Gasteiger partial charge in [0.15, 0.2) is 0 Å². The number of benzene rings is 11. The van der Waals surface area contributed by atoms with Crippen LogP contribution in [0.4, 0.5) is 0 Å². The smallest absolute Gasteiger partial charge is 0.0541 e.